The number of hydrogen-bond acceptors (Lipinski definition) is 8. The second-order valence-corrected chi connectivity index (χ2v) is 7.52. The van der Waals surface area contributed by atoms with Crippen molar-refractivity contribution >= 4 is 40.5 Å². The fourth-order valence-electron chi connectivity index (χ4n) is 3.03. The second kappa shape index (κ2) is 10.4. The molecule has 160 valence electrons. The molecular formula is C21H22N6O3S. The van der Waals surface area contributed by atoms with E-state index in [4.69, 9.17) is 11.2 Å². The average molecular weight is 439 g/mol. The third-order valence-electron chi connectivity index (χ3n) is 4.58. The van der Waals surface area contributed by atoms with E-state index in [1.54, 1.807) is 25.4 Å². The molecule has 0 aliphatic carbocycles. The summed E-state index contributed by atoms with van der Waals surface area (Å²) in [5, 5.41) is 15.1. The highest BCUT2D eigenvalue weighted by molar-refractivity contribution is 7.07. The Morgan fingerprint density at radius 1 is 1.45 bits per heavy atom. The van der Waals surface area contributed by atoms with Gasteiger partial charge in [-0.25, -0.2) is 4.98 Å². The van der Waals surface area contributed by atoms with Crippen LogP contribution in [0.15, 0.2) is 23.1 Å². The number of anilines is 2. The molecule has 0 saturated carbocycles. The van der Waals surface area contributed by atoms with Crippen molar-refractivity contribution in [2.75, 3.05) is 43.1 Å². The molecule has 3 heterocycles. The summed E-state index contributed by atoms with van der Waals surface area (Å²) in [6.07, 6.45) is 8.43. The van der Waals surface area contributed by atoms with E-state index in [9.17, 15) is 14.9 Å². The van der Waals surface area contributed by atoms with Crippen LogP contribution in [0.4, 0.5) is 11.5 Å². The molecule has 0 aromatic carbocycles. The largest absolute Gasteiger partial charge is 0.378 e. The minimum Gasteiger partial charge on any atom is -0.378 e. The lowest BCUT2D eigenvalue weighted by molar-refractivity contribution is -0.115. The molecule has 1 fully saturated rings. The van der Waals surface area contributed by atoms with Crippen molar-refractivity contribution < 1.29 is 9.53 Å². The van der Waals surface area contributed by atoms with Crippen molar-refractivity contribution in [3.63, 3.8) is 0 Å². The Labute approximate surface area is 183 Å². The first kappa shape index (κ1) is 22.1. The Hall–Kier alpha value is -3.60. The fourth-order valence-corrected chi connectivity index (χ4v) is 4.12. The van der Waals surface area contributed by atoms with Crippen LogP contribution in [-0.2, 0) is 16.1 Å². The number of thiazole rings is 1. The first-order valence-corrected chi connectivity index (χ1v) is 10.5. The van der Waals surface area contributed by atoms with Gasteiger partial charge in [-0.05, 0) is 13.0 Å². The molecule has 3 rings (SSSR count). The highest BCUT2D eigenvalue weighted by Gasteiger charge is 2.15. The van der Waals surface area contributed by atoms with Crippen molar-refractivity contribution in [2.24, 2.45) is 0 Å². The van der Waals surface area contributed by atoms with Crippen molar-refractivity contribution in [1.82, 2.24) is 14.9 Å². The van der Waals surface area contributed by atoms with Gasteiger partial charge < -0.3 is 20.3 Å². The lowest BCUT2D eigenvalue weighted by Gasteiger charge is -2.27. The van der Waals surface area contributed by atoms with Gasteiger partial charge in [0.2, 0.25) is 0 Å². The van der Waals surface area contributed by atoms with Crippen LogP contribution >= 0.6 is 11.3 Å². The quantitative estimate of drug-likeness (QED) is 0.581. The summed E-state index contributed by atoms with van der Waals surface area (Å²) in [6, 6.07) is 5.58. The maximum Gasteiger partial charge on any atom is 0.270 e. The number of nitrogens with zero attached hydrogens (tertiary/aromatic N) is 4. The second-order valence-electron chi connectivity index (χ2n) is 6.49. The molecule has 1 saturated heterocycles. The lowest BCUT2D eigenvalue weighted by atomic mass is 10.3. The van der Waals surface area contributed by atoms with Gasteiger partial charge in [-0.15, -0.1) is 17.8 Å². The number of nitriles is 1. The molecule has 0 bridgehead atoms. The zero-order chi connectivity index (χ0) is 22.2. The normalized spacial score (nSPS) is 15.1. The summed E-state index contributed by atoms with van der Waals surface area (Å²) in [4.78, 5) is 31.6. The summed E-state index contributed by atoms with van der Waals surface area (Å²) < 4.78 is 7.44. The third-order valence-corrected chi connectivity index (χ3v) is 5.71. The Balaban J connectivity index is 1.95. The first-order valence-electron chi connectivity index (χ1n) is 9.70. The standard InChI is InChI=1S/C21H22N6O3S/c1-3-6-24-19(28)16(13-22)21-27(4-2)20(29)17(31-21)14-25-15-5-7-23-18(12-15)26-8-10-30-11-9-26/h1,5,7,12,14H,4,6,8-11H2,2H3,(H,23,25)(H,24,28)/b17-14+,21-16-. The van der Waals surface area contributed by atoms with E-state index in [2.05, 4.69) is 26.4 Å². The summed E-state index contributed by atoms with van der Waals surface area (Å²) in [7, 11) is 0. The SMILES string of the molecule is C#CCNC(=O)/C(C#N)=c1\s/c(=C/Nc2ccnc(N3CCOCC3)c2)c(=O)n1CC. The number of hydrogen-bond donors (Lipinski definition) is 2. The average Bonchev–Trinajstić information content (AvgIpc) is 3.12. The molecule has 1 aliphatic heterocycles. The Bertz CT molecular complexity index is 1210. The molecule has 0 atom stereocenters. The van der Waals surface area contributed by atoms with E-state index in [1.165, 1.54) is 4.57 Å². The minimum absolute atomic E-state index is 0.000196. The molecule has 31 heavy (non-hydrogen) atoms. The maximum atomic E-state index is 12.8. The summed E-state index contributed by atoms with van der Waals surface area (Å²) >= 11 is 1.07. The number of morpholine rings is 1. The number of nitrogens with one attached hydrogen (secondary N) is 2. The van der Waals surface area contributed by atoms with Gasteiger partial charge in [0.1, 0.15) is 21.1 Å². The number of rotatable bonds is 6. The zero-order valence-corrected chi connectivity index (χ0v) is 17.9. The lowest BCUT2D eigenvalue weighted by Crippen LogP contribution is -2.36. The van der Waals surface area contributed by atoms with Crippen LogP contribution in [0.5, 0.6) is 0 Å². The van der Waals surface area contributed by atoms with Crippen molar-refractivity contribution in [3.05, 3.63) is 37.9 Å². The molecule has 2 aromatic heterocycles. The summed E-state index contributed by atoms with van der Waals surface area (Å²) in [5.74, 6) is 2.51. The number of aromatic nitrogens is 2. The van der Waals surface area contributed by atoms with Crippen LogP contribution in [0, 0.1) is 23.7 Å². The van der Waals surface area contributed by atoms with Gasteiger partial charge >= 0.3 is 0 Å². The van der Waals surface area contributed by atoms with E-state index in [1.807, 2.05) is 12.1 Å². The van der Waals surface area contributed by atoms with Crippen LogP contribution in [-0.4, -0.2) is 48.3 Å². The molecule has 10 heteroatoms. The molecule has 1 amide bonds. The molecular weight excluding hydrogens is 416 g/mol. The van der Waals surface area contributed by atoms with E-state index < -0.39 is 5.91 Å². The van der Waals surface area contributed by atoms with Gasteiger partial charge in [0.05, 0.1) is 19.8 Å². The van der Waals surface area contributed by atoms with Crippen LogP contribution in [0.1, 0.15) is 6.92 Å². The van der Waals surface area contributed by atoms with Crippen molar-refractivity contribution in [2.45, 2.75) is 13.5 Å². The van der Waals surface area contributed by atoms with E-state index >= 15 is 0 Å². The fraction of sp³-hybridized carbons (Fsp3) is 0.333. The van der Waals surface area contributed by atoms with Crippen molar-refractivity contribution in [1.29, 1.82) is 5.26 Å². The van der Waals surface area contributed by atoms with Gasteiger partial charge in [0, 0.05) is 43.8 Å². The van der Waals surface area contributed by atoms with Crippen LogP contribution in [0.3, 0.4) is 0 Å². The molecule has 2 N–H and O–H groups in total. The highest BCUT2D eigenvalue weighted by Crippen LogP contribution is 2.17. The smallest absolute Gasteiger partial charge is 0.270 e. The first-order chi connectivity index (χ1) is 15.1. The van der Waals surface area contributed by atoms with Crippen LogP contribution in [0.2, 0.25) is 0 Å². The number of amides is 1. The predicted octanol–water partition coefficient (Wildman–Crippen LogP) is -0.565. The zero-order valence-electron chi connectivity index (χ0n) is 17.1. The Morgan fingerprint density at radius 2 is 2.23 bits per heavy atom. The Morgan fingerprint density at radius 3 is 2.90 bits per heavy atom. The van der Waals surface area contributed by atoms with E-state index in [0.29, 0.717) is 29.0 Å². The highest BCUT2D eigenvalue weighted by atomic mass is 32.1. The van der Waals surface area contributed by atoms with E-state index in [0.717, 1.165) is 35.9 Å². The van der Waals surface area contributed by atoms with Crippen LogP contribution < -0.4 is 30.3 Å². The van der Waals surface area contributed by atoms with Gasteiger partial charge in [0.25, 0.3) is 11.5 Å². The molecule has 0 unspecified atom stereocenters. The number of carbonyl (C=O) groups excluding carboxylic acids is 1. The number of ether oxygens (including phenoxy) is 1. The molecule has 0 radical (unpaired) electrons. The minimum atomic E-state index is -0.604. The number of carbonyl (C=O) groups is 1. The molecule has 2 aromatic rings. The number of terminal acetylenes is 1. The van der Waals surface area contributed by atoms with E-state index in [-0.39, 0.29) is 17.7 Å². The van der Waals surface area contributed by atoms with Gasteiger partial charge in [-0.2, -0.15) is 5.26 Å². The molecule has 0 spiro atoms. The predicted molar refractivity (Wildman–Crippen MR) is 120 cm³/mol. The van der Waals surface area contributed by atoms with Gasteiger partial charge in [-0.3, -0.25) is 14.2 Å². The topological polar surface area (TPSA) is 112 Å². The maximum absolute atomic E-state index is 12.8. The summed E-state index contributed by atoms with van der Waals surface area (Å²) in [6.45, 7) is 4.95. The van der Waals surface area contributed by atoms with Crippen LogP contribution in [0.25, 0.3) is 11.8 Å². The number of pyridine rings is 1. The molecule has 1 aliphatic rings. The summed E-state index contributed by atoms with van der Waals surface area (Å²) in [5.41, 5.74) is 0.345. The molecule has 9 nitrogen and oxygen atoms in total. The Kier molecular flexibility index (Phi) is 7.44. The third kappa shape index (κ3) is 5.12. The van der Waals surface area contributed by atoms with Gasteiger partial charge in [-0.1, -0.05) is 5.92 Å². The van der Waals surface area contributed by atoms with Crippen molar-refractivity contribution in [3.8, 4) is 18.4 Å². The monoisotopic (exact) mass is 438 g/mol. The van der Waals surface area contributed by atoms with Gasteiger partial charge in [0.15, 0.2) is 5.57 Å².